The minimum atomic E-state index is -0.339. The Kier molecular flexibility index (Phi) is 7.30. The van der Waals surface area contributed by atoms with E-state index in [0.29, 0.717) is 35.2 Å². The maximum Gasteiger partial charge on any atom is 0.262 e. The van der Waals surface area contributed by atoms with Gasteiger partial charge in [0.1, 0.15) is 5.75 Å². The second-order valence-electron chi connectivity index (χ2n) is 7.01. The molecule has 0 aromatic heterocycles. The molecular weight excluding hydrogens is 406 g/mol. The van der Waals surface area contributed by atoms with Crippen molar-refractivity contribution < 1.29 is 19.1 Å². The van der Waals surface area contributed by atoms with Crippen molar-refractivity contribution >= 4 is 40.7 Å². The Labute approximate surface area is 180 Å². The van der Waals surface area contributed by atoms with Gasteiger partial charge in [0.2, 0.25) is 11.8 Å². The highest BCUT2D eigenvalue weighted by Crippen LogP contribution is 2.27. The summed E-state index contributed by atoms with van der Waals surface area (Å²) in [7, 11) is 0. The van der Waals surface area contributed by atoms with Gasteiger partial charge in [-0.2, -0.15) is 0 Å². The molecule has 0 aliphatic carbocycles. The summed E-state index contributed by atoms with van der Waals surface area (Å²) in [6.45, 7) is 2.78. The molecule has 0 spiro atoms. The van der Waals surface area contributed by atoms with Crippen LogP contribution >= 0.6 is 11.6 Å². The zero-order chi connectivity index (χ0) is 21.5. The number of hydrogen-bond acceptors (Lipinski definition) is 4. The van der Waals surface area contributed by atoms with Gasteiger partial charge in [-0.1, -0.05) is 30.7 Å². The normalized spacial score (nSPS) is 15.7. The molecule has 30 heavy (non-hydrogen) atoms. The Morgan fingerprint density at radius 3 is 2.60 bits per heavy atom. The fraction of sp³-hybridized carbons (Fsp3) is 0.318. The van der Waals surface area contributed by atoms with Crippen LogP contribution < -0.4 is 20.3 Å². The molecule has 2 N–H and O–H groups in total. The van der Waals surface area contributed by atoms with Gasteiger partial charge in [-0.15, -0.1) is 0 Å². The molecule has 0 bridgehead atoms. The fourth-order valence-electron chi connectivity index (χ4n) is 3.15. The summed E-state index contributed by atoms with van der Waals surface area (Å²) < 4.78 is 5.51. The standard InChI is InChI=1S/C22H24ClN3O4/c1-2-11-24-22(29)15-12-21(28)26(13-15)16-7-9-17(10-8-16)30-14-20(27)25-19-6-4-3-5-18(19)23/h3-10,15H,2,11-14H2,1H3,(H,24,29)(H,25,27). The molecule has 2 aromatic rings. The fourth-order valence-corrected chi connectivity index (χ4v) is 3.33. The van der Waals surface area contributed by atoms with E-state index in [9.17, 15) is 14.4 Å². The molecule has 0 radical (unpaired) electrons. The molecule has 3 rings (SSSR count). The molecule has 7 nitrogen and oxygen atoms in total. The second-order valence-corrected chi connectivity index (χ2v) is 7.41. The Hall–Kier alpha value is -3.06. The Morgan fingerprint density at radius 1 is 1.17 bits per heavy atom. The van der Waals surface area contributed by atoms with E-state index in [1.807, 2.05) is 6.92 Å². The highest BCUT2D eigenvalue weighted by molar-refractivity contribution is 6.33. The van der Waals surface area contributed by atoms with Crippen molar-refractivity contribution in [1.29, 1.82) is 0 Å². The number of amides is 3. The van der Waals surface area contributed by atoms with E-state index in [-0.39, 0.29) is 36.7 Å². The topological polar surface area (TPSA) is 87.7 Å². The van der Waals surface area contributed by atoms with Crippen molar-refractivity contribution in [3.05, 3.63) is 53.6 Å². The van der Waals surface area contributed by atoms with Crippen molar-refractivity contribution in [2.75, 3.05) is 29.9 Å². The molecule has 1 unspecified atom stereocenters. The zero-order valence-electron chi connectivity index (χ0n) is 16.7. The van der Waals surface area contributed by atoms with E-state index < -0.39 is 0 Å². The van der Waals surface area contributed by atoms with E-state index >= 15 is 0 Å². The van der Waals surface area contributed by atoms with E-state index in [1.165, 1.54) is 0 Å². The van der Waals surface area contributed by atoms with Gasteiger partial charge in [0.25, 0.3) is 5.91 Å². The molecule has 1 fully saturated rings. The van der Waals surface area contributed by atoms with Crippen LogP contribution in [-0.2, 0) is 14.4 Å². The Balaban J connectivity index is 1.52. The first-order chi connectivity index (χ1) is 14.5. The van der Waals surface area contributed by atoms with Crippen molar-refractivity contribution in [2.24, 2.45) is 5.92 Å². The third-order valence-corrected chi connectivity index (χ3v) is 5.04. The van der Waals surface area contributed by atoms with Crippen LogP contribution in [0.15, 0.2) is 48.5 Å². The van der Waals surface area contributed by atoms with Gasteiger partial charge >= 0.3 is 0 Å². The lowest BCUT2D eigenvalue weighted by Gasteiger charge is -2.17. The number of ether oxygens (including phenoxy) is 1. The molecular formula is C22H24ClN3O4. The third-order valence-electron chi connectivity index (χ3n) is 4.71. The SMILES string of the molecule is CCCNC(=O)C1CC(=O)N(c2ccc(OCC(=O)Nc3ccccc3Cl)cc2)C1. The highest BCUT2D eigenvalue weighted by Gasteiger charge is 2.34. The van der Waals surface area contributed by atoms with Crippen molar-refractivity contribution in [1.82, 2.24) is 5.32 Å². The number of hydrogen-bond donors (Lipinski definition) is 2. The van der Waals surface area contributed by atoms with Crippen molar-refractivity contribution in [3.63, 3.8) is 0 Å². The predicted molar refractivity (Wildman–Crippen MR) is 116 cm³/mol. The van der Waals surface area contributed by atoms with Gasteiger partial charge in [-0.25, -0.2) is 0 Å². The summed E-state index contributed by atoms with van der Waals surface area (Å²) in [5.74, 6) is -0.343. The molecule has 1 aliphatic heterocycles. The molecule has 8 heteroatoms. The molecule has 1 heterocycles. The number of nitrogens with one attached hydrogen (secondary N) is 2. The molecule has 3 amide bonds. The van der Waals surface area contributed by atoms with Crippen LogP contribution in [0.3, 0.4) is 0 Å². The Bertz CT molecular complexity index is 917. The zero-order valence-corrected chi connectivity index (χ0v) is 17.4. The average molecular weight is 430 g/mol. The number of nitrogens with zero attached hydrogens (tertiary/aromatic N) is 1. The van der Waals surface area contributed by atoms with Crippen LogP contribution in [0.25, 0.3) is 0 Å². The van der Waals surface area contributed by atoms with Crippen LogP contribution in [0.1, 0.15) is 19.8 Å². The molecule has 0 saturated carbocycles. The molecule has 1 aliphatic rings. The predicted octanol–water partition coefficient (Wildman–Crippen LogP) is 3.24. The van der Waals surface area contributed by atoms with Crippen molar-refractivity contribution in [3.8, 4) is 5.75 Å². The number of carbonyl (C=O) groups is 3. The lowest BCUT2D eigenvalue weighted by atomic mass is 10.1. The summed E-state index contributed by atoms with van der Waals surface area (Å²) >= 11 is 6.02. The largest absolute Gasteiger partial charge is 0.484 e. The summed E-state index contributed by atoms with van der Waals surface area (Å²) in [5.41, 5.74) is 1.21. The smallest absolute Gasteiger partial charge is 0.262 e. The van der Waals surface area contributed by atoms with Crippen LogP contribution in [0, 0.1) is 5.92 Å². The van der Waals surface area contributed by atoms with Gasteiger partial charge < -0.3 is 20.3 Å². The lowest BCUT2D eigenvalue weighted by molar-refractivity contribution is -0.126. The monoisotopic (exact) mass is 429 g/mol. The first kappa shape index (κ1) is 21.6. The van der Waals surface area contributed by atoms with E-state index in [0.717, 1.165) is 6.42 Å². The van der Waals surface area contributed by atoms with Gasteiger partial charge in [-0.3, -0.25) is 14.4 Å². The van der Waals surface area contributed by atoms with Gasteiger partial charge in [0, 0.05) is 25.2 Å². The number of halogens is 1. The molecule has 1 saturated heterocycles. The minimum Gasteiger partial charge on any atom is -0.484 e. The number of carbonyl (C=O) groups excluding carboxylic acids is 3. The van der Waals surface area contributed by atoms with E-state index in [2.05, 4.69) is 10.6 Å². The third kappa shape index (κ3) is 5.51. The first-order valence-electron chi connectivity index (χ1n) is 9.83. The van der Waals surface area contributed by atoms with Crippen molar-refractivity contribution in [2.45, 2.75) is 19.8 Å². The summed E-state index contributed by atoms with van der Waals surface area (Å²) in [5, 5.41) is 5.98. The molecule has 1 atom stereocenters. The van der Waals surface area contributed by atoms with Gasteiger partial charge in [-0.05, 0) is 42.8 Å². The van der Waals surface area contributed by atoms with E-state index in [1.54, 1.807) is 53.4 Å². The quantitative estimate of drug-likeness (QED) is 0.674. The number of para-hydroxylation sites is 1. The number of anilines is 2. The van der Waals surface area contributed by atoms with Crippen LogP contribution in [-0.4, -0.2) is 37.4 Å². The van der Waals surface area contributed by atoms with Crippen LogP contribution in [0.2, 0.25) is 5.02 Å². The summed E-state index contributed by atoms with van der Waals surface area (Å²) in [6.07, 6.45) is 1.06. The summed E-state index contributed by atoms with van der Waals surface area (Å²) in [6, 6.07) is 13.8. The first-order valence-corrected chi connectivity index (χ1v) is 10.2. The lowest BCUT2D eigenvalue weighted by Crippen LogP contribution is -2.33. The molecule has 158 valence electrons. The Morgan fingerprint density at radius 2 is 1.90 bits per heavy atom. The maximum absolute atomic E-state index is 12.3. The van der Waals surface area contributed by atoms with Crippen LogP contribution in [0.5, 0.6) is 5.75 Å². The van der Waals surface area contributed by atoms with Gasteiger partial charge in [0.15, 0.2) is 6.61 Å². The summed E-state index contributed by atoms with van der Waals surface area (Å²) in [4.78, 5) is 38.1. The number of rotatable bonds is 8. The average Bonchev–Trinajstić information content (AvgIpc) is 3.14. The minimum absolute atomic E-state index is 0.0839. The van der Waals surface area contributed by atoms with Gasteiger partial charge in [0.05, 0.1) is 16.6 Å². The second kappa shape index (κ2) is 10.1. The highest BCUT2D eigenvalue weighted by atomic mass is 35.5. The van der Waals surface area contributed by atoms with Crippen LogP contribution in [0.4, 0.5) is 11.4 Å². The number of benzene rings is 2. The molecule has 2 aromatic carbocycles. The maximum atomic E-state index is 12.3. The van der Waals surface area contributed by atoms with E-state index in [4.69, 9.17) is 16.3 Å².